The number of phenolic OH excluding ortho intramolecular Hbond substituents is 1. The maximum Gasteiger partial charge on any atom is 0.137 e. The zero-order valence-electron chi connectivity index (χ0n) is 15.8. The summed E-state index contributed by atoms with van der Waals surface area (Å²) in [5.74, 6) is 1.70. The van der Waals surface area contributed by atoms with Crippen molar-refractivity contribution in [2.75, 3.05) is 19.6 Å². The number of likely N-dealkylation sites (tertiary alicyclic amines) is 1. The average Bonchev–Trinajstić information content (AvgIpc) is 2.63. The minimum atomic E-state index is 0.0998. The van der Waals surface area contributed by atoms with E-state index in [4.69, 9.17) is 0 Å². The summed E-state index contributed by atoms with van der Waals surface area (Å²) >= 11 is 0. The third-order valence-electron chi connectivity index (χ3n) is 6.81. The van der Waals surface area contributed by atoms with Crippen molar-refractivity contribution in [1.29, 1.82) is 0 Å². The van der Waals surface area contributed by atoms with E-state index in [2.05, 4.69) is 24.8 Å². The van der Waals surface area contributed by atoms with Crippen LogP contribution < -0.4 is 0 Å². The van der Waals surface area contributed by atoms with E-state index in [-0.39, 0.29) is 5.41 Å². The third-order valence-corrected chi connectivity index (χ3v) is 6.81. The van der Waals surface area contributed by atoms with Crippen LogP contribution in [0, 0.1) is 11.8 Å². The summed E-state index contributed by atoms with van der Waals surface area (Å²) in [6.45, 7) is 7.60. The molecular weight excluding hydrogens is 310 g/mol. The van der Waals surface area contributed by atoms with Crippen LogP contribution in [0.4, 0.5) is 0 Å². The van der Waals surface area contributed by atoms with Gasteiger partial charge in [-0.3, -0.25) is 4.79 Å². The second-order valence-electron chi connectivity index (χ2n) is 8.47. The molecule has 0 spiro atoms. The van der Waals surface area contributed by atoms with Crippen molar-refractivity contribution in [2.45, 2.75) is 64.2 Å². The molecule has 1 saturated carbocycles. The van der Waals surface area contributed by atoms with Gasteiger partial charge < -0.3 is 10.0 Å². The van der Waals surface area contributed by atoms with Gasteiger partial charge in [-0.05, 0) is 54.8 Å². The van der Waals surface area contributed by atoms with Crippen LogP contribution in [-0.4, -0.2) is 35.4 Å². The topological polar surface area (TPSA) is 40.5 Å². The molecule has 1 heterocycles. The maximum absolute atomic E-state index is 12.5. The lowest BCUT2D eigenvalue weighted by Gasteiger charge is -2.45. The van der Waals surface area contributed by atoms with Crippen LogP contribution in [0.5, 0.6) is 5.75 Å². The van der Waals surface area contributed by atoms with E-state index in [0.29, 0.717) is 23.4 Å². The van der Waals surface area contributed by atoms with Gasteiger partial charge in [0.1, 0.15) is 11.5 Å². The molecule has 3 nitrogen and oxygen atoms in total. The van der Waals surface area contributed by atoms with Crippen molar-refractivity contribution in [3.05, 3.63) is 29.8 Å². The SMILES string of the molecule is C[C@@H]1CN(CCC(=O)C2CCCCC2)CC[C@]1(C)c1cccc(O)c1. The number of carbonyl (C=O) groups is 1. The van der Waals surface area contributed by atoms with E-state index in [0.717, 1.165) is 45.3 Å². The van der Waals surface area contributed by atoms with Crippen LogP contribution in [0.3, 0.4) is 0 Å². The molecule has 1 aromatic rings. The Hall–Kier alpha value is -1.35. The highest BCUT2D eigenvalue weighted by atomic mass is 16.3. The minimum Gasteiger partial charge on any atom is -0.508 e. The Balaban J connectivity index is 1.53. The number of hydrogen-bond donors (Lipinski definition) is 1. The van der Waals surface area contributed by atoms with E-state index in [9.17, 15) is 9.90 Å². The van der Waals surface area contributed by atoms with Crippen molar-refractivity contribution in [1.82, 2.24) is 4.90 Å². The predicted octanol–water partition coefficient (Wildman–Crippen LogP) is 4.53. The molecule has 0 aromatic heterocycles. The third kappa shape index (κ3) is 4.25. The summed E-state index contributed by atoms with van der Waals surface area (Å²) in [6.07, 6.45) is 7.81. The van der Waals surface area contributed by atoms with Gasteiger partial charge in [0.2, 0.25) is 0 Å². The van der Waals surface area contributed by atoms with Crippen LogP contribution in [-0.2, 0) is 10.2 Å². The molecule has 0 bridgehead atoms. The number of aromatic hydroxyl groups is 1. The first kappa shape index (κ1) is 18.4. The molecule has 3 rings (SSSR count). The molecule has 1 aliphatic heterocycles. The smallest absolute Gasteiger partial charge is 0.137 e. The molecule has 1 aromatic carbocycles. The van der Waals surface area contributed by atoms with Gasteiger partial charge in [-0.1, -0.05) is 45.2 Å². The Morgan fingerprint density at radius 3 is 2.72 bits per heavy atom. The van der Waals surface area contributed by atoms with E-state index >= 15 is 0 Å². The monoisotopic (exact) mass is 343 g/mol. The van der Waals surface area contributed by atoms with Crippen molar-refractivity contribution >= 4 is 5.78 Å². The summed E-state index contributed by atoms with van der Waals surface area (Å²) in [4.78, 5) is 14.9. The fourth-order valence-corrected chi connectivity index (χ4v) is 4.71. The summed E-state index contributed by atoms with van der Waals surface area (Å²) in [5.41, 5.74) is 1.33. The number of ketones is 1. The lowest BCUT2D eigenvalue weighted by molar-refractivity contribution is -0.124. The van der Waals surface area contributed by atoms with Gasteiger partial charge in [0.15, 0.2) is 0 Å². The normalized spacial score (nSPS) is 28.8. The van der Waals surface area contributed by atoms with Crippen molar-refractivity contribution < 1.29 is 9.90 Å². The number of phenols is 1. The first-order chi connectivity index (χ1) is 12.0. The summed E-state index contributed by atoms with van der Waals surface area (Å²) in [7, 11) is 0. The molecule has 2 atom stereocenters. The van der Waals surface area contributed by atoms with Crippen LogP contribution in [0.15, 0.2) is 24.3 Å². The average molecular weight is 344 g/mol. The molecular formula is C22H33NO2. The van der Waals surface area contributed by atoms with Gasteiger partial charge >= 0.3 is 0 Å². The first-order valence-electron chi connectivity index (χ1n) is 10.0. The van der Waals surface area contributed by atoms with Gasteiger partial charge in [-0.15, -0.1) is 0 Å². The van der Waals surface area contributed by atoms with Crippen molar-refractivity contribution in [3.63, 3.8) is 0 Å². The van der Waals surface area contributed by atoms with Crippen molar-refractivity contribution in [2.24, 2.45) is 11.8 Å². The van der Waals surface area contributed by atoms with Gasteiger partial charge in [0, 0.05) is 25.4 Å². The number of Topliss-reactive ketones (excluding diaryl/α,β-unsaturated/α-hetero) is 1. The highest BCUT2D eigenvalue weighted by molar-refractivity contribution is 5.81. The molecule has 1 saturated heterocycles. The highest BCUT2D eigenvalue weighted by Gasteiger charge is 2.38. The number of piperidine rings is 1. The number of benzene rings is 1. The lowest BCUT2D eigenvalue weighted by atomic mass is 9.68. The van der Waals surface area contributed by atoms with E-state index in [1.807, 2.05) is 12.1 Å². The summed E-state index contributed by atoms with van der Waals surface area (Å²) in [6, 6.07) is 7.73. The molecule has 25 heavy (non-hydrogen) atoms. The van der Waals surface area contributed by atoms with E-state index in [1.165, 1.54) is 24.8 Å². The van der Waals surface area contributed by atoms with Crippen LogP contribution in [0.25, 0.3) is 0 Å². The van der Waals surface area contributed by atoms with Gasteiger partial charge in [0.25, 0.3) is 0 Å². The Kier molecular flexibility index (Phi) is 5.83. The molecule has 0 radical (unpaired) electrons. The number of hydrogen-bond acceptors (Lipinski definition) is 3. The zero-order valence-corrected chi connectivity index (χ0v) is 15.8. The number of rotatable bonds is 5. The molecule has 0 amide bonds. The minimum absolute atomic E-state index is 0.0998. The molecule has 3 heteroatoms. The molecule has 2 fully saturated rings. The molecule has 2 aliphatic rings. The number of nitrogens with zero attached hydrogens (tertiary/aromatic N) is 1. The Morgan fingerprint density at radius 1 is 1.28 bits per heavy atom. The standard InChI is InChI=1S/C22H33NO2/c1-17-16-23(13-11-21(25)18-7-4-3-5-8-18)14-12-22(17,2)19-9-6-10-20(24)15-19/h6,9-10,15,17-18,24H,3-5,7-8,11-14,16H2,1-2H3/t17-,22+/m1/s1. The lowest BCUT2D eigenvalue weighted by Crippen LogP contribution is -2.47. The fraction of sp³-hybridized carbons (Fsp3) is 0.682. The highest BCUT2D eigenvalue weighted by Crippen LogP contribution is 2.40. The summed E-state index contributed by atoms with van der Waals surface area (Å²) < 4.78 is 0. The first-order valence-corrected chi connectivity index (χ1v) is 10.0. The second kappa shape index (κ2) is 7.90. The van der Waals surface area contributed by atoms with Crippen LogP contribution >= 0.6 is 0 Å². The Morgan fingerprint density at radius 2 is 2.04 bits per heavy atom. The van der Waals surface area contributed by atoms with Crippen LogP contribution in [0.1, 0.15) is 64.4 Å². The Bertz CT molecular complexity index is 593. The largest absolute Gasteiger partial charge is 0.508 e. The number of carbonyl (C=O) groups excluding carboxylic acids is 1. The van der Waals surface area contributed by atoms with Gasteiger partial charge in [-0.25, -0.2) is 0 Å². The van der Waals surface area contributed by atoms with Gasteiger partial charge in [0.05, 0.1) is 0 Å². The summed E-state index contributed by atoms with van der Waals surface area (Å²) in [5, 5.41) is 9.82. The zero-order chi connectivity index (χ0) is 17.9. The molecule has 1 N–H and O–H groups in total. The van der Waals surface area contributed by atoms with Gasteiger partial charge in [-0.2, -0.15) is 0 Å². The molecule has 138 valence electrons. The Labute approximate surface area is 152 Å². The van der Waals surface area contributed by atoms with E-state index in [1.54, 1.807) is 6.07 Å². The van der Waals surface area contributed by atoms with Crippen molar-refractivity contribution in [3.8, 4) is 5.75 Å². The van der Waals surface area contributed by atoms with E-state index < -0.39 is 0 Å². The van der Waals surface area contributed by atoms with Crippen LogP contribution in [0.2, 0.25) is 0 Å². The predicted molar refractivity (Wildman–Crippen MR) is 102 cm³/mol. The second-order valence-corrected chi connectivity index (χ2v) is 8.47. The fourth-order valence-electron chi connectivity index (χ4n) is 4.71. The quantitative estimate of drug-likeness (QED) is 0.854. The maximum atomic E-state index is 12.5. The molecule has 0 unspecified atom stereocenters. The molecule has 1 aliphatic carbocycles.